The Hall–Kier alpha value is -4.19. The Morgan fingerprint density at radius 2 is 1.58 bits per heavy atom. The second-order valence-electron chi connectivity index (χ2n) is 9.98. The summed E-state index contributed by atoms with van der Waals surface area (Å²) in [6.45, 7) is 5.78. The van der Waals surface area contributed by atoms with Gasteiger partial charge in [0.25, 0.3) is 0 Å². The molecule has 1 aliphatic rings. The van der Waals surface area contributed by atoms with Crippen molar-refractivity contribution in [2.75, 3.05) is 7.11 Å². The third-order valence-electron chi connectivity index (χ3n) is 6.33. The maximum absolute atomic E-state index is 13.6. The van der Waals surface area contributed by atoms with Crippen LogP contribution >= 0.6 is 0 Å². The molecule has 0 bridgehead atoms. The zero-order valence-corrected chi connectivity index (χ0v) is 21.1. The number of carbonyl (C=O) groups is 1. The number of nitrogens with zero attached hydrogens (tertiary/aromatic N) is 4. The predicted molar refractivity (Wildman–Crippen MR) is 142 cm³/mol. The minimum absolute atomic E-state index is 0.0307. The summed E-state index contributed by atoms with van der Waals surface area (Å²) in [5.41, 5.74) is 4.97. The summed E-state index contributed by atoms with van der Waals surface area (Å²) in [6, 6.07) is 27.7. The van der Waals surface area contributed by atoms with Gasteiger partial charge in [-0.25, -0.2) is 9.69 Å². The molecule has 3 aromatic carbocycles. The molecule has 1 aliphatic heterocycles. The van der Waals surface area contributed by atoms with E-state index >= 15 is 0 Å². The molecular formula is C30H30N4O2. The van der Waals surface area contributed by atoms with Crippen molar-refractivity contribution < 1.29 is 9.53 Å². The van der Waals surface area contributed by atoms with E-state index in [0.717, 1.165) is 39.5 Å². The lowest BCUT2D eigenvalue weighted by atomic mass is 9.92. The van der Waals surface area contributed by atoms with Crippen LogP contribution in [-0.2, 0) is 4.79 Å². The number of carbonyl (C=O) groups excluding carboxylic acids is 1. The smallest absolute Gasteiger partial charge is 0.248 e. The lowest BCUT2D eigenvalue weighted by molar-refractivity contribution is -0.141. The molecule has 4 aromatic rings. The fraction of sp³-hybridized carbons (Fsp3) is 0.233. The predicted octanol–water partition coefficient (Wildman–Crippen LogP) is 6.27. The van der Waals surface area contributed by atoms with Crippen molar-refractivity contribution >= 4 is 11.6 Å². The van der Waals surface area contributed by atoms with Crippen molar-refractivity contribution in [3.8, 4) is 22.7 Å². The first-order valence-corrected chi connectivity index (χ1v) is 12.1. The molecule has 1 aromatic heterocycles. The summed E-state index contributed by atoms with van der Waals surface area (Å²) in [5, 5.41) is 11.5. The second-order valence-corrected chi connectivity index (χ2v) is 9.98. The van der Waals surface area contributed by atoms with Crippen LogP contribution < -0.4 is 4.74 Å². The number of para-hydroxylation sites is 1. The summed E-state index contributed by atoms with van der Waals surface area (Å²) >= 11 is 0. The molecule has 1 atom stereocenters. The molecule has 0 N–H and O–H groups in total. The standard InChI is InChI=1S/C30H30N4O2/c1-30(2,3)29(35)34-27(19-26(31-34)22-14-11-17-24(18-22)36-4)25-20-33(23-15-9-6-10-16-23)32-28(25)21-12-7-5-8-13-21/h5-18,20,27H,19H2,1-4H3. The van der Waals surface area contributed by atoms with Gasteiger partial charge in [-0.2, -0.15) is 10.2 Å². The van der Waals surface area contributed by atoms with Gasteiger partial charge >= 0.3 is 0 Å². The summed E-state index contributed by atoms with van der Waals surface area (Å²) in [6.07, 6.45) is 2.62. The Bertz CT molecular complexity index is 1400. The van der Waals surface area contributed by atoms with Gasteiger partial charge in [0.2, 0.25) is 5.91 Å². The van der Waals surface area contributed by atoms with Crippen LogP contribution in [0.2, 0.25) is 0 Å². The van der Waals surface area contributed by atoms with Crippen molar-refractivity contribution in [1.82, 2.24) is 14.8 Å². The van der Waals surface area contributed by atoms with E-state index in [1.807, 2.05) is 104 Å². The van der Waals surface area contributed by atoms with Crippen molar-refractivity contribution in [1.29, 1.82) is 0 Å². The zero-order valence-electron chi connectivity index (χ0n) is 21.1. The quantitative estimate of drug-likeness (QED) is 0.340. The number of hydrogen-bond donors (Lipinski definition) is 0. The van der Waals surface area contributed by atoms with E-state index in [1.54, 1.807) is 12.1 Å². The maximum atomic E-state index is 13.6. The third-order valence-corrected chi connectivity index (χ3v) is 6.33. The molecule has 1 amide bonds. The minimum Gasteiger partial charge on any atom is -0.497 e. The molecule has 0 saturated carbocycles. The molecule has 6 nitrogen and oxygen atoms in total. The minimum atomic E-state index is -0.589. The van der Waals surface area contributed by atoms with Crippen molar-refractivity contribution in [3.05, 3.63) is 102 Å². The summed E-state index contributed by atoms with van der Waals surface area (Å²) < 4.78 is 7.32. The fourth-order valence-corrected chi connectivity index (χ4v) is 4.43. The number of aromatic nitrogens is 2. The van der Waals surface area contributed by atoms with Gasteiger partial charge in [-0.1, -0.05) is 81.4 Å². The Kier molecular flexibility index (Phi) is 6.18. The number of rotatable bonds is 5. The fourth-order valence-electron chi connectivity index (χ4n) is 4.43. The lowest BCUT2D eigenvalue weighted by Crippen LogP contribution is -2.36. The highest BCUT2D eigenvalue weighted by atomic mass is 16.5. The van der Waals surface area contributed by atoms with Crippen LogP contribution in [0, 0.1) is 5.41 Å². The van der Waals surface area contributed by atoms with E-state index < -0.39 is 5.41 Å². The van der Waals surface area contributed by atoms with E-state index in [4.69, 9.17) is 14.9 Å². The molecule has 182 valence electrons. The van der Waals surface area contributed by atoms with Crippen LogP contribution in [0.3, 0.4) is 0 Å². The lowest BCUT2D eigenvalue weighted by Gasteiger charge is -2.28. The Morgan fingerprint density at radius 1 is 0.917 bits per heavy atom. The molecule has 36 heavy (non-hydrogen) atoms. The molecule has 0 spiro atoms. The Morgan fingerprint density at radius 3 is 2.25 bits per heavy atom. The van der Waals surface area contributed by atoms with Crippen molar-refractivity contribution in [2.45, 2.75) is 33.2 Å². The van der Waals surface area contributed by atoms with Gasteiger partial charge in [-0.3, -0.25) is 4.79 Å². The van der Waals surface area contributed by atoms with E-state index in [-0.39, 0.29) is 11.9 Å². The average Bonchev–Trinajstić information content (AvgIpc) is 3.54. The van der Waals surface area contributed by atoms with Crippen LogP contribution in [0.25, 0.3) is 16.9 Å². The van der Waals surface area contributed by atoms with Gasteiger partial charge in [0, 0.05) is 34.7 Å². The number of ether oxygens (including phenoxy) is 1. The van der Waals surface area contributed by atoms with Crippen LogP contribution in [0.5, 0.6) is 5.75 Å². The first-order chi connectivity index (χ1) is 17.3. The van der Waals surface area contributed by atoms with Crippen LogP contribution in [0.1, 0.15) is 44.4 Å². The first kappa shape index (κ1) is 23.5. The molecule has 2 heterocycles. The number of hydrazone groups is 1. The molecule has 0 fully saturated rings. The summed E-state index contributed by atoms with van der Waals surface area (Å²) in [4.78, 5) is 13.6. The van der Waals surface area contributed by atoms with Gasteiger partial charge in [0.1, 0.15) is 5.75 Å². The van der Waals surface area contributed by atoms with Gasteiger partial charge in [-0.15, -0.1) is 0 Å². The number of benzene rings is 3. The SMILES string of the molecule is COc1cccc(C2=NN(C(=O)C(C)(C)C)C(c3cn(-c4ccccc4)nc3-c3ccccc3)C2)c1. The maximum Gasteiger partial charge on any atom is 0.248 e. The molecule has 6 heteroatoms. The monoisotopic (exact) mass is 478 g/mol. The highest BCUT2D eigenvalue weighted by Gasteiger charge is 2.40. The Balaban J connectivity index is 1.64. The first-order valence-electron chi connectivity index (χ1n) is 12.1. The topological polar surface area (TPSA) is 59.7 Å². The molecule has 0 saturated heterocycles. The van der Waals surface area contributed by atoms with Crippen LogP contribution in [0.4, 0.5) is 0 Å². The van der Waals surface area contributed by atoms with Gasteiger partial charge < -0.3 is 4.74 Å². The second kappa shape index (κ2) is 9.46. The molecule has 0 aliphatic carbocycles. The number of amides is 1. The zero-order chi connectivity index (χ0) is 25.3. The number of hydrogen-bond acceptors (Lipinski definition) is 4. The van der Waals surface area contributed by atoms with Gasteiger partial charge in [-0.05, 0) is 24.3 Å². The largest absolute Gasteiger partial charge is 0.497 e. The summed E-state index contributed by atoms with van der Waals surface area (Å²) in [5.74, 6) is 0.728. The summed E-state index contributed by atoms with van der Waals surface area (Å²) in [7, 11) is 1.65. The van der Waals surface area contributed by atoms with Gasteiger partial charge in [0.15, 0.2) is 0 Å². The highest BCUT2D eigenvalue weighted by Crippen LogP contribution is 2.40. The van der Waals surface area contributed by atoms with E-state index in [2.05, 4.69) is 12.1 Å². The average molecular weight is 479 g/mol. The van der Waals surface area contributed by atoms with E-state index in [9.17, 15) is 4.79 Å². The van der Waals surface area contributed by atoms with Gasteiger partial charge in [0.05, 0.1) is 30.2 Å². The molecule has 1 unspecified atom stereocenters. The molecule has 0 radical (unpaired) electrons. The van der Waals surface area contributed by atoms with Crippen LogP contribution in [0.15, 0.2) is 96.2 Å². The van der Waals surface area contributed by atoms with E-state index in [0.29, 0.717) is 6.42 Å². The van der Waals surface area contributed by atoms with Crippen molar-refractivity contribution in [2.24, 2.45) is 10.5 Å². The molecule has 5 rings (SSSR count). The number of methoxy groups -OCH3 is 1. The normalized spacial score (nSPS) is 15.6. The third kappa shape index (κ3) is 4.54. The molecular weight excluding hydrogens is 448 g/mol. The Labute approximate surface area is 211 Å². The van der Waals surface area contributed by atoms with E-state index in [1.165, 1.54) is 0 Å². The highest BCUT2D eigenvalue weighted by molar-refractivity contribution is 6.04. The van der Waals surface area contributed by atoms with Crippen molar-refractivity contribution in [3.63, 3.8) is 0 Å². The van der Waals surface area contributed by atoms with Crippen LogP contribution in [-0.4, -0.2) is 33.5 Å².